The molecule has 0 fully saturated rings. The van der Waals surface area contributed by atoms with Gasteiger partial charge in [-0.25, -0.2) is 0 Å². The van der Waals surface area contributed by atoms with E-state index >= 15 is 0 Å². The van der Waals surface area contributed by atoms with E-state index in [1.165, 1.54) is 25.1 Å². The third-order valence-corrected chi connectivity index (χ3v) is 6.92. The normalized spacial score (nSPS) is 10.6. The number of nitrogens with one attached hydrogen (secondary N) is 1. The molecule has 0 atom stereocenters. The number of aromatic hydroxyl groups is 1. The molecule has 0 saturated heterocycles. The molecular weight excluding hydrogens is 561 g/mol. The number of carbonyl (C=O) groups is 4. The quantitative estimate of drug-likeness (QED) is 0.0748. The van der Waals surface area contributed by atoms with Crippen molar-refractivity contribution in [3.8, 4) is 5.75 Å². The van der Waals surface area contributed by atoms with Gasteiger partial charge in [0.05, 0.1) is 13.2 Å². The first-order valence-electron chi connectivity index (χ1n) is 11.6. The Balaban J connectivity index is 0.000000415. The fourth-order valence-corrected chi connectivity index (χ4v) is 4.68. The van der Waals surface area contributed by atoms with E-state index in [9.17, 15) is 28.0 Å². The predicted molar refractivity (Wildman–Crippen MR) is 139 cm³/mol. The summed E-state index contributed by atoms with van der Waals surface area (Å²) in [7, 11) is 0. The molecule has 0 aliphatic heterocycles. The van der Waals surface area contributed by atoms with Crippen molar-refractivity contribution in [1.29, 1.82) is 0 Å². The molecule has 0 aliphatic carbocycles. The Morgan fingerprint density at radius 3 is 2.00 bits per heavy atom. The Morgan fingerprint density at radius 1 is 1.00 bits per heavy atom. The number of allylic oxidation sites excluding steroid dienone is 1. The molecule has 0 spiro atoms. The number of hydrogen-bond donors (Lipinski definition) is 4. The summed E-state index contributed by atoms with van der Waals surface area (Å²) in [5, 5.41) is 11.5. The van der Waals surface area contributed by atoms with Crippen LogP contribution in [-0.4, -0.2) is 64.3 Å². The number of Topliss-reactive ketones (excluding diaryl/α,β-unsaturated/α-hetero) is 1. The van der Waals surface area contributed by atoms with Gasteiger partial charge in [-0.3, -0.25) is 14.4 Å². The maximum atomic E-state index is 12.3. The Bertz CT molecular complexity index is 1170. The van der Waals surface area contributed by atoms with Gasteiger partial charge in [0.2, 0.25) is 0 Å². The molecule has 12 heteroatoms. The topological polar surface area (TPSA) is 177 Å². The molecule has 0 bridgehead atoms. The maximum absolute atomic E-state index is 12.3. The summed E-state index contributed by atoms with van der Waals surface area (Å²) in [6, 6.07) is 10.7. The van der Waals surface area contributed by atoms with E-state index in [1.54, 1.807) is 32.1 Å². The molecule has 0 aliphatic rings. The summed E-state index contributed by atoms with van der Waals surface area (Å²) in [4.78, 5) is 46.8. The average Bonchev–Trinajstić information content (AvgIpc) is 2.84. The minimum atomic E-state index is -5.14. The van der Waals surface area contributed by atoms with Crippen molar-refractivity contribution < 1.29 is 45.7 Å². The van der Waals surface area contributed by atoms with Crippen LogP contribution in [0.1, 0.15) is 43.1 Å². The van der Waals surface area contributed by atoms with Gasteiger partial charge < -0.3 is 9.47 Å². The molecule has 0 unspecified atom stereocenters. The Kier molecular flexibility index (Phi) is 13.3. The Hall–Kier alpha value is -3.66. The molecule has 11 nitrogen and oxygen atoms in total. The van der Waals surface area contributed by atoms with Crippen molar-refractivity contribution in [3.05, 3.63) is 66.2 Å². The molecule has 4 N–H and O–H groups in total. The zero-order valence-corrected chi connectivity index (χ0v) is 23.3. The average molecular weight is 593 g/mol. The molecule has 2 aromatic rings. The van der Waals surface area contributed by atoms with Crippen LogP contribution < -0.4 is 9.67 Å². The van der Waals surface area contributed by atoms with E-state index < -0.39 is 37.9 Å². The monoisotopic (exact) mass is 593 g/mol. The van der Waals surface area contributed by atoms with Gasteiger partial charge in [0.1, 0.15) is 0 Å². The van der Waals surface area contributed by atoms with Gasteiger partial charge in [-0.15, -0.1) is 6.58 Å². The first-order chi connectivity index (χ1) is 17.8. The third kappa shape index (κ3) is 10.4. The summed E-state index contributed by atoms with van der Waals surface area (Å²) in [6.45, 7) is 8.39. The number of hydrogen-bond acceptors (Lipinski definition) is 8. The van der Waals surface area contributed by atoms with Gasteiger partial charge in [-0.1, -0.05) is 30.3 Å². The summed E-state index contributed by atoms with van der Waals surface area (Å²) in [6.07, 6.45) is 2.22. The van der Waals surface area contributed by atoms with Crippen LogP contribution in [0.2, 0.25) is 0 Å². The minimum absolute atomic E-state index is 0.138. The number of ketones is 1. The van der Waals surface area contributed by atoms with Gasteiger partial charge in [-0.2, -0.15) is 0 Å². The number of para-hydroxylation sites is 1. The van der Waals surface area contributed by atoms with Crippen molar-refractivity contribution in [2.24, 2.45) is 5.92 Å². The first-order valence-corrected chi connectivity index (χ1v) is 15.0. The van der Waals surface area contributed by atoms with Crippen molar-refractivity contribution in [3.63, 3.8) is 0 Å². The van der Waals surface area contributed by atoms with Crippen molar-refractivity contribution in [1.82, 2.24) is 0 Å². The van der Waals surface area contributed by atoms with E-state index in [2.05, 4.69) is 11.9 Å². The van der Waals surface area contributed by atoms with E-state index in [0.717, 1.165) is 5.56 Å². The number of amides is 1. The standard InChI is InChI=1S/C18H22O5.C8H10AsNO5/c1-4-7-13-8-10-14(11-9-13)16(19)12-15(17(20)22-5-2)18(21)23-6-3;1-5(11)10-8-6(9(13,14)15)3-2-4-7(8)12/h4,8-11,15H,1,5-7,12H2,2-3H3;2-4,12H,1H3,(H,10,11)(H2,13,14,15). The van der Waals surface area contributed by atoms with Gasteiger partial charge in [0.15, 0.2) is 11.7 Å². The third-order valence-electron chi connectivity index (χ3n) is 4.82. The van der Waals surface area contributed by atoms with Crippen LogP contribution in [-0.2, 0) is 34.0 Å². The van der Waals surface area contributed by atoms with Crippen LogP contribution in [0.25, 0.3) is 0 Å². The number of rotatable bonds is 11. The van der Waals surface area contributed by atoms with E-state index in [0.29, 0.717) is 12.0 Å². The SMILES string of the molecule is C=CCc1ccc(C(=O)CC(C(=O)OCC)C(=O)OCC)cc1.CC(=O)Nc1c(O)cccc1[As](=O)(O)O. The van der Waals surface area contributed by atoms with Crippen LogP contribution in [0.15, 0.2) is 55.1 Å². The van der Waals surface area contributed by atoms with Gasteiger partial charge >= 0.3 is 100 Å². The molecular formula is C26H32AsNO10. The molecule has 0 saturated carbocycles. The van der Waals surface area contributed by atoms with Gasteiger partial charge in [-0.05, 0) is 25.8 Å². The molecule has 1 amide bonds. The van der Waals surface area contributed by atoms with Crippen molar-refractivity contribution in [2.45, 2.75) is 33.6 Å². The van der Waals surface area contributed by atoms with Gasteiger partial charge in [0.25, 0.3) is 0 Å². The number of carbonyl (C=O) groups excluding carboxylic acids is 4. The number of phenols is 1. The van der Waals surface area contributed by atoms with Crippen LogP contribution in [0, 0.1) is 5.92 Å². The number of phenolic OH excluding ortho intramolecular Hbond substituents is 1. The molecule has 2 rings (SSSR count). The number of esters is 2. The van der Waals surface area contributed by atoms with Crippen LogP contribution >= 0.6 is 0 Å². The molecule has 0 radical (unpaired) electrons. The second-order valence-electron chi connectivity index (χ2n) is 7.77. The second-order valence-corrected chi connectivity index (χ2v) is 11.1. The van der Waals surface area contributed by atoms with Crippen LogP contribution in [0.5, 0.6) is 5.75 Å². The van der Waals surface area contributed by atoms with Gasteiger partial charge in [0, 0.05) is 12.0 Å². The van der Waals surface area contributed by atoms with E-state index in [4.69, 9.17) is 17.7 Å². The summed E-state index contributed by atoms with van der Waals surface area (Å²) in [5.74, 6) is -3.88. The van der Waals surface area contributed by atoms with Crippen molar-refractivity contribution in [2.75, 3.05) is 18.5 Å². The fraction of sp³-hybridized carbons (Fsp3) is 0.308. The molecule has 38 heavy (non-hydrogen) atoms. The Labute approximate surface area is 223 Å². The van der Waals surface area contributed by atoms with Crippen LogP contribution in [0.3, 0.4) is 0 Å². The fourth-order valence-electron chi connectivity index (χ4n) is 3.12. The zero-order chi connectivity index (χ0) is 28.9. The van der Waals surface area contributed by atoms with Crippen molar-refractivity contribution >= 4 is 47.8 Å². The zero-order valence-electron chi connectivity index (χ0n) is 21.4. The second kappa shape index (κ2) is 15.6. The number of ether oxygens (including phenoxy) is 2. The number of benzene rings is 2. The molecule has 2 aromatic carbocycles. The predicted octanol–water partition coefficient (Wildman–Crippen LogP) is 1.64. The molecule has 0 heterocycles. The van der Waals surface area contributed by atoms with E-state index in [-0.39, 0.29) is 41.2 Å². The Morgan fingerprint density at radius 2 is 1.55 bits per heavy atom. The first kappa shape index (κ1) is 32.4. The summed E-state index contributed by atoms with van der Waals surface area (Å²) in [5.41, 5.74) is 1.25. The number of anilines is 1. The molecule has 206 valence electrons. The summed E-state index contributed by atoms with van der Waals surface area (Å²) >= 11 is -5.14. The summed E-state index contributed by atoms with van der Waals surface area (Å²) < 4.78 is 38.5. The molecule has 0 aromatic heterocycles. The van der Waals surface area contributed by atoms with Crippen LogP contribution in [0.4, 0.5) is 5.69 Å². The van der Waals surface area contributed by atoms with E-state index in [1.807, 2.05) is 12.1 Å².